The smallest absolute Gasteiger partial charge is 0.186 e. The van der Waals surface area contributed by atoms with Crippen molar-refractivity contribution in [3.63, 3.8) is 0 Å². The van der Waals surface area contributed by atoms with Crippen molar-refractivity contribution in [3.8, 4) is 0 Å². The fourth-order valence-electron chi connectivity index (χ4n) is 16.1. The van der Waals surface area contributed by atoms with Gasteiger partial charge in [0, 0.05) is 5.92 Å². The highest BCUT2D eigenvalue weighted by Crippen LogP contribution is 2.89. The third-order valence-electron chi connectivity index (χ3n) is 19.3. The molecule has 11 N–H and O–H groups in total. The molecule has 0 amide bonds. The summed E-state index contributed by atoms with van der Waals surface area (Å²) in [4.78, 5) is 0. The zero-order valence-corrected chi connectivity index (χ0v) is 38.3. The van der Waals surface area contributed by atoms with E-state index in [9.17, 15) is 56.2 Å². The van der Waals surface area contributed by atoms with Gasteiger partial charge in [-0.25, -0.2) is 0 Å². The highest BCUT2D eigenvalue weighted by atomic mass is 16.8. The molecule has 4 saturated heterocycles. The van der Waals surface area contributed by atoms with Gasteiger partial charge in [-0.1, -0.05) is 27.7 Å². The molecule has 4 aliphatic heterocycles. The standard InChI is InChI=1S/C46H76O18/c1-40(2)26(62-39-34(29(52)22(50)18-59-39)63-37-32(55)28(51)21(49)17-58-37)9-11-46-19-45(46)13-12-42(5)35(44(7)10-8-27(64-44)41(3,4)57)20(48)15-43(42,6)25(45)14-23(36(40)46)60-38-33(56)31(54)30(53)24(16-47)61-38/h20-39,47-57H,8-19H2,1-7H3/t20-,21-,22+,23-,24+,25-,26-,27-,28+,29-,30-,31-,32+,33+,34+,35-,36-,37-,38+,39-,42+,43-,44+,45-,46+/m0/s1. The van der Waals surface area contributed by atoms with Gasteiger partial charge in [-0.15, -0.1) is 0 Å². The summed E-state index contributed by atoms with van der Waals surface area (Å²) >= 11 is 0. The summed E-state index contributed by atoms with van der Waals surface area (Å²) < 4.78 is 44.1. The summed E-state index contributed by atoms with van der Waals surface area (Å²) in [6.45, 7) is 13.2. The van der Waals surface area contributed by atoms with Crippen molar-refractivity contribution in [2.45, 2.75) is 222 Å². The van der Waals surface area contributed by atoms with E-state index in [0.29, 0.717) is 38.5 Å². The van der Waals surface area contributed by atoms with E-state index in [0.717, 1.165) is 19.3 Å². The molecule has 18 nitrogen and oxygen atoms in total. The van der Waals surface area contributed by atoms with Gasteiger partial charge in [0.2, 0.25) is 0 Å². The van der Waals surface area contributed by atoms with Crippen molar-refractivity contribution in [1.82, 2.24) is 0 Å². The molecule has 9 fully saturated rings. The molecule has 4 heterocycles. The number of fused-ring (bicyclic) bond motifs is 2. The van der Waals surface area contributed by atoms with Crippen molar-refractivity contribution in [2.24, 2.45) is 44.8 Å². The van der Waals surface area contributed by atoms with Crippen LogP contribution in [0.25, 0.3) is 0 Å². The summed E-state index contributed by atoms with van der Waals surface area (Å²) in [5.41, 5.74) is -3.63. The van der Waals surface area contributed by atoms with Crippen LogP contribution < -0.4 is 0 Å². The van der Waals surface area contributed by atoms with Crippen molar-refractivity contribution in [2.75, 3.05) is 19.8 Å². The lowest BCUT2D eigenvalue weighted by Gasteiger charge is -2.65. The molecule has 0 aromatic heterocycles. The van der Waals surface area contributed by atoms with Crippen LogP contribution >= 0.6 is 0 Å². The highest BCUT2D eigenvalue weighted by molar-refractivity contribution is 5.33. The van der Waals surface area contributed by atoms with Crippen LogP contribution in [0.3, 0.4) is 0 Å². The van der Waals surface area contributed by atoms with E-state index in [-0.39, 0.29) is 53.3 Å². The highest BCUT2D eigenvalue weighted by Gasteiger charge is 2.85. The predicted molar refractivity (Wildman–Crippen MR) is 220 cm³/mol. The molecule has 368 valence electrons. The Balaban J connectivity index is 1.04. The fraction of sp³-hybridized carbons (Fsp3) is 1.00. The van der Waals surface area contributed by atoms with Gasteiger partial charge in [0.05, 0.1) is 55.4 Å². The normalized spacial score (nSPS) is 58.2. The summed E-state index contributed by atoms with van der Waals surface area (Å²) in [5, 5.41) is 119. The Morgan fingerprint density at radius 2 is 1.28 bits per heavy atom. The summed E-state index contributed by atoms with van der Waals surface area (Å²) in [6.07, 6.45) is -14.9. The van der Waals surface area contributed by atoms with E-state index >= 15 is 0 Å². The first kappa shape index (κ1) is 48.3. The number of aliphatic hydroxyl groups excluding tert-OH is 10. The Morgan fingerprint density at radius 3 is 1.94 bits per heavy atom. The maximum absolute atomic E-state index is 12.3. The first-order valence-electron chi connectivity index (χ1n) is 23.8. The second kappa shape index (κ2) is 16.2. The van der Waals surface area contributed by atoms with Crippen LogP contribution in [0.15, 0.2) is 0 Å². The largest absolute Gasteiger partial charge is 0.394 e. The van der Waals surface area contributed by atoms with Crippen LogP contribution in [0.5, 0.6) is 0 Å². The number of hydrogen-bond donors (Lipinski definition) is 11. The molecule has 64 heavy (non-hydrogen) atoms. The van der Waals surface area contributed by atoms with E-state index < -0.39 is 127 Å². The van der Waals surface area contributed by atoms with Gasteiger partial charge in [0.15, 0.2) is 18.9 Å². The van der Waals surface area contributed by atoms with E-state index in [1.54, 1.807) is 13.8 Å². The van der Waals surface area contributed by atoms with Crippen molar-refractivity contribution in [1.29, 1.82) is 0 Å². The molecule has 0 aromatic rings. The third kappa shape index (κ3) is 7.01. The molecule has 0 bridgehead atoms. The van der Waals surface area contributed by atoms with Gasteiger partial charge < -0.3 is 89.3 Å². The Kier molecular flexibility index (Phi) is 12.2. The minimum absolute atomic E-state index is 0.0415. The van der Waals surface area contributed by atoms with Crippen LogP contribution in [-0.4, -0.2) is 192 Å². The zero-order valence-electron chi connectivity index (χ0n) is 38.3. The molecule has 0 aromatic carbocycles. The molecular weight excluding hydrogens is 840 g/mol. The summed E-state index contributed by atoms with van der Waals surface area (Å²) in [7, 11) is 0. The molecule has 9 rings (SSSR count). The van der Waals surface area contributed by atoms with Crippen LogP contribution in [0, 0.1) is 44.8 Å². The SMILES string of the molecule is CC(C)(O)[C@@H]1CC[C@](C)([C@H]2[C@@H](O)C[C@@]3(C)[C@@H]4C[C@H](O[C@@H]5O[C@H](CO)[C@H](O)[C@H](O)[C@H]5O)[C@H]5C(C)(C)[C@@H](O[C@@H]6OC[C@@H](O)[C@H](O)[C@H]6O[C@@H]6OC[C@H](O)[C@@H](O)[C@H]6O)CC[C@@]56C[C@@]46CC[C@]23C)O1. The van der Waals surface area contributed by atoms with Crippen LogP contribution in [-0.2, 0) is 33.2 Å². The maximum Gasteiger partial charge on any atom is 0.186 e. The van der Waals surface area contributed by atoms with Gasteiger partial charge in [-0.2, -0.15) is 0 Å². The van der Waals surface area contributed by atoms with E-state index in [2.05, 4.69) is 34.6 Å². The monoisotopic (exact) mass is 917 g/mol. The summed E-state index contributed by atoms with van der Waals surface area (Å²) in [6, 6.07) is 0. The van der Waals surface area contributed by atoms with Crippen LogP contribution in [0.1, 0.15) is 106 Å². The molecule has 5 aliphatic carbocycles. The van der Waals surface area contributed by atoms with E-state index in [1.807, 2.05) is 0 Å². The van der Waals surface area contributed by atoms with Gasteiger partial charge in [0.1, 0.15) is 61.0 Å². The zero-order chi connectivity index (χ0) is 46.5. The second-order valence-electron chi connectivity index (χ2n) is 23.4. The van der Waals surface area contributed by atoms with Crippen molar-refractivity contribution < 1.29 is 89.3 Å². The third-order valence-corrected chi connectivity index (χ3v) is 19.3. The van der Waals surface area contributed by atoms with E-state index in [4.69, 9.17) is 33.2 Å². The maximum atomic E-state index is 12.3. The average Bonchev–Trinajstić information content (AvgIpc) is 3.59. The molecule has 5 saturated carbocycles. The number of aliphatic hydroxyl groups is 11. The predicted octanol–water partition coefficient (Wildman–Crippen LogP) is -0.813. The first-order valence-corrected chi connectivity index (χ1v) is 23.8. The average molecular weight is 917 g/mol. The quantitative estimate of drug-likeness (QED) is 0.126. The Bertz CT molecular complexity index is 1710. The molecule has 18 heteroatoms. The van der Waals surface area contributed by atoms with Crippen molar-refractivity contribution >= 4 is 0 Å². The molecular formula is C46H76O18. The minimum atomic E-state index is -1.67. The fourth-order valence-corrected chi connectivity index (χ4v) is 16.1. The summed E-state index contributed by atoms with van der Waals surface area (Å²) in [5.74, 6) is -0.417. The molecule has 2 spiro atoms. The van der Waals surface area contributed by atoms with E-state index in [1.165, 1.54) is 0 Å². The molecule has 9 aliphatic rings. The number of rotatable bonds is 9. The van der Waals surface area contributed by atoms with Crippen molar-refractivity contribution in [3.05, 3.63) is 0 Å². The minimum Gasteiger partial charge on any atom is -0.394 e. The molecule has 0 unspecified atom stereocenters. The number of hydrogen-bond acceptors (Lipinski definition) is 18. The van der Waals surface area contributed by atoms with Crippen LogP contribution in [0.2, 0.25) is 0 Å². The van der Waals surface area contributed by atoms with Gasteiger partial charge in [-0.05, 0) is 117 Å². The van der Waals surface area contributed by atoms with Gasteiger partial charge in [-0.3, -0.25) is 0 Å². The first-order chi connectivity index (χ1) is 29.8. The Morgan fingerprint density at radius 1 is 0.625 bits per heavy atom. The second-order valence-corrected chi connectivity index (χ2v) is 23.4. The lowest BCUT2D eigenvalue weighted by atomic mass is 9.41. The van der Waals surface area contributed by atoms with Crippen LogP contribution in [0.4, 0.5) is 0 Å². The molecule has 0 radical (unpaired) electrons. The number of ether oxygens (including phenoxy) is 7. The lowest BCUT2D eigenvalue weighted by molar-refractivity contribution is -0.360. The Labute approximate surface area is 375 Å². The van der Waals surface area contributed by atoms with Gasteiger partial charge >= 0.3 is 0 Å². The molecule has 25 atom stereocenters. The lowest BCUT2D eigenvalue weighted by Crippen LogP contribution is -2.65. The van der Waals surface area contributed by atoms with Gasteiger partial charge in [0.25, 0.3) is 0 Å². The Hall–Kier alpha value is -0.720. The topological polar surface area (TPSA) is 287 Å².